The topological polar surface area (TPSA) is 17.1 Å². The van der Waals surface area contributed by atoms with E-state index in [9.17, 15) is 9.18 Å². The summed E-state index contributed by atoms with van der Waals surface area (Å²) in [6.07, 6.45) is -0.0698. The van der Waals surface area contributed by atoms with E-state index in [-0.39, 0.29) is 17.8 Å². The Hall–Kier alpha value is -1.09. The summed E-state index contributed by atoms with van der Waals surface area (Å²) in [6, 6.07) is 8.74. The Bertz CT molecular complexity index is 620. The van der Waals surface area contributed by atoms with Crippen LogP contribution in [0.3, 0.4) is 0 Å². The number of carbonyl (C=O) groups is 1. The molecule has 0 fully saturated rings. The molecule has 98 valence electrons. The number of carbonyl (C=O) groups excluding carboxylic acids is 1. The zero-order chi connectivity index (χ0) is 14.0. The lowest BCUT2D eigenvalue weighted by Crippen LogP contribution is -2.05. The molecule has 0 aliphatic rings. The monoisotopic (exact) mass is 316 g/mol. The zero-order valence-electron chi connectivity index (χ0n) is 9.59. The normalized spacial score (nSPS) is 10.5. The van der Waals surface area contributed by atoms with E-state index >= 15 is 0 Å². The van der Waals surface area contributed by atoms with Crippen LogP contribution in [-0.4, -0.2) is 5.78 Å². The van der Waals surface area contributed by atoms with Gasteiger partial charge in [0.05, 0.1) is 0 Å². The predicted molar refractivity (Wildman–Crippen MR) is 75.9 cm³/mol. The van der Waals surface area contributed by atoms with Crippen LogP contribution in [-0.2, 0) is 6.42 Å². The minimum absolute atomic E-state index is 0.0698. The number of hydrogen-bond donors (Lipinski definition) is 0. The van der Waals surface area contributed by atoms with Crippen LogP contribution in [0.1, 0.15) is 15.9 Å². The van der Waals surface area contributed by atoms with Crippen molar-refractivity contribution in [3.63, 3.8) is 0 Å². The Morgan fingerprint density at radius 1 is 0.947 bits per heavy atom. The largest absolute Gasteiger partial charge is 0.294 e. The molecule has 0 heterocycles. The molecule has 0 spiro atoms. The number of halogens is 4. The van der Waals surface area contributed by atoms with Crippen LogP contribution in [0.15, 0.2) is 36.4 Å². The molecule has 0 unspecified atom stereocenters. The molecule has 1 nitrogen and oxygen atoms in total. The lowest BCUT2D eigenvalue weighted by Gasteiger charge is -2.05. The molecule has 0 atom stereocenters. The summed E-state index contributed by atoms with van der Waals surface area (Å²) in [5, 5.41) is 1.03. The number of hydrogen-bond acceptors (Lipinski definition) is 1. The molecule has 5 heteroatoms. The highest BCUT2D eigenvalue weighted by Crippen LogP contribution is 2.21. The average molecular weight is 318 g/mol. The average Bonchev–Trinajstić information content (AvgIpc) is 2.31. The first-order valence-corrected chi connectivity index (χ1v) is 6.52. The summed E-state index contributed by atoms with van der Waals surface area (Å²) < 4.78 is 13.6. The molecule has 2 aromatic carbocycles. The van der Waals surface area contributed by atoms with Crippen LogP contribution in [0.2, 0.25) is 15.1 Å². The molecule has 0 N–H and O–H groups in total. The van der Waals surface area contributed by atoms with Gasteiger partial charge in [-0.15, -0.1) is 0 Å². The van der Waals surface area contributed by atoms with Crippen LogP contribution in [0, 0.1) is 5.82 Å². The van der Waals surface area contributed by atoms with Gasteiger partial charge in [0.1, 0.15) is 5.82 Å². The van der Waals surface area contributed by atoms with Gasteiger partial charge in [-0.25, -0.2) is 4.39 Å². The van der Waals surface area contributed by atoms with E-state index in [4.69, 9.17) is 34.8 Å². The fraction of sp³-hybridized carbons (Fsp3) is 0.0714. The van der Waals surface area contributed by atoms with Crippen molar-refractivity contribution in [2.24, 2.45) is 0 Å². The van der Waals surface area contributed by atoms with Crippen molar-refractivity contribution in [1.82, 2.24) is 0 Å². The van der Waals surface area contributed by atoms with Crippen LogP contribution < -0.4 is 0 Å². The Morgan fingerprint density at radius 3 is 2.16 bits per heavy atom. The first-order valence-electron chi connectivity index (χ1n) is 5.39. The third-order valence-electron chi connectivity index (χ3n) is 2.55. The molecule has 0 saturated carbocycles. The molecular formula is C14H8Cl3FO. The maximum atomic E-state index is 13.6. The molecule has 19 heavy (non-hydrogen) atoms. The van der Waals surface area contributed by atoms with E-state index in [2.05, 4.69) is 0 Å². The summed E-state index contributed by atoms with van der Waals surface area (Å²) in [7, 11) is 0. The maximum absolute atomic E-state index is 13.6. The summed E-state index contributed by atoms with van der Waals surface area (Å²) in [5.74, 6) is -0.764. The predicted octanol–water partition coefficient (Wildman–Crippen LogP) is 5.21. The van der Waals surface area contributed by atoms with E-state index in [1.165, 1.54) is 36.4 Å². The van der Waals surface area contributed by atoms with E-state index in [0.717, 1.165) is 0 Å². The van der Waals surface area contributed by atoms with Gasteiger partial charge in [0, 0.05) is 27.1 Å². The van der Waals surface area contributed by atoms with Gasteiger partial charge in [-0.1, -0.05) is 40.9 Å². The van der Waals surface area contributed by atoms with E-state index in [1.807, 2.05) is 0 Å². The van der Waals surface area contributed by atoms with Crippen LogP contribution in [0.25, 0.3) is 0 Å². The summed E-state index contributed by atoms with van der Waals surface area (Å²) in [5.41, 5.74) is 0.636. The van der Waals surface area contributed by atoms with Gasteiger partial charge in [-0.3, -0.25) is 4.79 Å². The standard InChI is InChI=1S/C14H8Cl3FO/c15-10-2-1-8(13(18)7-10)5-14(19)9-3-11(16)6-12(17)4-9/h1-4,6-7H,5H2. The fourth-order valence-electron chi connectivity index (χ4n) is 1.65. The highest BCUT2D eigenvalue weighted by atomic mass is 35.5. The summed E-state index contributed by atoms with van der Waals surface area (Å²) >= 11 is 17.3. The number of rotatable bonds is 3. The molecule has 0 amide bonds. The Kier molecular flexibility index (Phi) is 4.46. The number of ketones is 1. The second kappa shape index (κ2) is 5.91. The molecule has 2 aromatic rings. The smallest absolute Gasteiger partial charge is 0.167 e. The van der Waals surface area contributed by atoms with Crippen molar-refractivity contribution in [2.75, 3.05) is 0 Å². The molecule has 0 aliphatic heterocycles. The second-order valence-corrected chi connectivity index (χ2v) is 5.30. The van der Waals surface area contributed by atoms with E-state index < -0.39 is 5.82 Å². The minimum Gasteiger partial charge on any atom is -0.294 e. The maximum Gasteiger partial charge on any atom is 0.167 e. The second-order valence-electron chi connectivity index (χ2n) is 3.99. The Morgan fingerprint density at radius 2 is 1.58 bits per heavy atom. The van der Waals surface area contributed by atoms with Crippen molar-refractivity contribution in [3.8, 4) is 0 Å². The lowest BCUT2D eigenvalue weighted by atomic mass is 10.0. The SMILES string of the molecule is O=C(Cc1ccc(Cl)cc1F)c1cc(Cl)cc(Cl)c1. The lowest BCUT2D eigenvalue weighted by molar-refractivity contribution is 0.0992. The minimum atomic E-state index is -0.506. The van der Waals surface area contributed by atoms with Gasteiger partial charge in [-0.05, 0) is 35.9 Å². The van der Waals surface area contributed by atoms with Crippen molar-refractivity contribution < 1.29 is 9.18 Å². The van der Waals surface area contributed by atoms with Gasteiger partial charge < -0.3 is 0 Å². The van der Waals surface area contributed by atoms with Gasteiger partial charge in [-0.2, -0.15) is 0 Å². The number of Topliss-reactive ketones (excluding diaryl/α,β-unsaturated/α-hetero) is 1. The molecule has 0 saturated heterocycles. The van der Waals surface area contributed by atoms with Crippen molar-refractivity contribution in [1.29, 1.82) is 0 Å². The summed E-state index contributed by atoms with van der Waals surface area (Å²) in [4.78, 5) is 12.0. The Balaban J connectivity index is 2.25. The van der Waals surface area contributed by atoms with E-state index in [1.54, 1.807) is 0 Å². The molecule has 0 radical (unpaired) electrons. The molecular weight excluding hydrogens is 310 g/mol. The van der Waals surface area contributed by atoms with Crippen molar-refractivity contribution in [3.05, 3.63) is 68.4 Å². The quantitative estimate of drug-likeness (QED) is 0.710. The first-order chi connectivity index (χ1) is 8.95. The zero-order valence-corrected chi connectivity index (χ0v) is 11.9. The van der Waals surface area contributed by atoms with E-state index in [0.29, 0.717) is 20.6 Å². The fourth-order valence-corrected chi connectivity index (χ4v) is 2.34. The molecule has 0 aliphatic carbocycles. The molecule has 2 rings (SSSR count). The molecule has 0 bridgehead atoms. The van der Waals surface area contributed by atoms with Crippen LogP contribution >= 0.6 is 34.8 Å². The Labute approximate surface area is 124 Å². The van der Waals surface area contributed by atoms with Gasteiger partial charge in [0.2, 0.25) is 0 Å². The van der Waals surface area contributed by atoms with Crippen LogP contribution in [0.4, 0.5) is 4.39 Å². The van der Waals surface area contributed by atoms with Crippen LogP contribution in [0.5, 0.6) is 0 Å². The highest BCUT2D eigenvalue weighted by Gasteiger charge is 2.12. The third-order valence-corrected chi connectivity index (χ3v) is 3.22. The highest BCUT2D eigenvalue weighted by molar-refractivity contribution is 6.35. The first kappa shape index (κ1) is 14.3. The third kappa shape index (κ3) is 3.69. The van der Waals surface area contributed by atoms with Crippen molar-refractivity contribution in [2.45, 2.75) is 6.42 Å². The van der Waals surface area contributed by atoms with Crippen molar-refractivity contribution >= 4 is 40.6 Å². The molecule has 0 aromatic heterocycles. The summed E-state index contributed by atoms with van der Waals surface area (Å²) in [6.45, 7) is 0. The van der Waals surface area contributed by atoms with Gasteiger partial charge >= 0.3 is 0 Å². The number of benzene rings is 2. The van der Waals surface area contributed by atoms with Gasteiger partial charge in [0.15, 0.2) is 5.78 Å². The van der Waals surface area contributed by atoms with Gasteiger partial charge in [0.25, 0.3) is 0 Å².